The van der Waals surface area contributed by atoms with E-state index in [9.17, 15) is 14.4 Å². The van der Waals surface area contributed by atoms with Crippen LogP contribution in [0, 0.1) is 6.92 Å². The standard InChI is InChI=1S/C15H15N3O3/c1-10-5-4-8-18(15(10)21)9-13(19)17-12-7-3-2-6-11(12)14(16)20/h2-8H,9H2,1H3,(H2,16,20)(H,17,19). The third-order valence-corrected chi connectivity index (χ3v) is 2.99. The summed E-state index contributed by atoms with van der Waals surface area (Å²) < 4.78 is 1.30. The van der Waals surface area contributed by atoms with Gasteiger partial charge < -0.3 is 15.6 Å². The number of rotatable bonds is 4. The lowest BCUT2D eigenvalue weighted by Crippen LogP contribution is -2.28. The molecule has 2 aromatic rings. The SMILES string of the molecule is Cc1cccn(CC(=O)Nc2ccccc2C(N)=O)c1=O. The number of aromatic nitrogens is 1. The van der Waals surface area contributed by atoms with Crippen molar-refractivity contribution in [2.24, 2.45) is 5.73 Å². The third kappa shape index (κ3) is 3.36. The highest BCUT2D eigenvalue weighted by atomic mass is 16.2. The molecule has 0 saturated heterocycles. The lowest BCUT2D eigenvalue weighted by Gasteiger charge is -2.10. The van der Waals surface area contributed by atoms with Gasteiger partial charge in [-0.2, -0.15) is 0 Å². The van der Waals surface area contributed by atoms with Gasteiger partial charge in [-0.15, -0.1) is 0 Å². The zero-order chi connectivity index (χ0) is 15.4. The number of anilines is 1. The van der Waals surface area contributed by atoms with Crippen LogP contribution in [-0.2, 0) is 11.3 Å². The van der Waals surface area contributed by atoms with Gasteiger partial charge in [0, 0.05) is 11.8 Å². The monoisotopic (exact) mass is 285 g/mol. The molecule has 0 aliphatic carbocycles. The number of carbonyl (C=O) groups is 2. The number of para-hydroxylation sites is 1. The van der Waals surface area contributed by atoms with Crippen molar-refractivity contribution in [3.8, 4) is 0 Å². The minimum absolute atomic E-state index is 0.131. The number of aryl methyl sites for hydroxylation is 1. The molecule has 0 radical (unpaired) electrons. The van der Waals surface area contributed by atoms with Crippen LogP contribution in [0.25, 0.3) is 0 Å². The van der Waals surface area contributed by atoms with Gasteiger partial charge in [0.25, 0.3) is 11.5 Å². The van der Waals surface area contributed by atoms with Crippen molar-refractivity contribution in [1.29, 1.82) is 0 Å². The summed E-state index contributed by atoms with van der Waals surface area (Å²) in [7, 11) is 0. The van der Waals surface area contributed by atoms with Crippen LogP contribution in [0.2, 0.25) is 0 Å². The number of nitrogens with zero attached hydrogens (tertiary/aromatic N) is 1. The lowest BCUT2D eigenvalue weighted by molar-refractivity contribution is -0.116. The van der Waals surface area contributed by atoms with E-state index in [2.05, 4.69) is 5.32 Å². The van der Waals surface area contributed by atoms with Crippen LogP contribution in [0.5, 0.6) is 0 Å². The Morgan fingerprint density at radius 3 is 2.62 bits per heavy atom. The maximum Gasteiger partial charge on any atom is 0.253 e. The molecule has 0 atom stereocenters. The van der Waals surface area contributed by atoms with E-state index in [-0.39, 0.29) is 17.7 Å². The molecule has 6 heteroatoms. The smallest absolute Gasteiger partial charge is 0.253 e. The number of pyridine rings is 1. The lowest BCUT2D eigenvalue weighted by atomic mass is 10.1. The topological polar surface area (TPSA) is 94.2 Å². The summed E-state index contributed by atoms with van der Waals surface area (Å²) in [5.41, 5.74) is 6.13. The second kappa shape index (κ2) is 6.04. The first-order valence-electron chi connectivity index (χ1n) is 6.34. The summed E-state index contributed by atoms with van der Waals surface area (Å²) in [4.78, 5) is 35.1. The Balaban J connectivity index is 2.18. The second-order valence-electron chi connectivity index (χ2n) is 4.58. The number of nitrogens with two attached hydrogens (primary N) is 1. The van der Waals surface area contributed by atoms with Crippen molar-refractivity contribution in [2.45, 2.75) is 13.5 Å². The molecular weight excluding hydrogens is 270 g/mol. The molecule has 0 aliphatic heterocycles. The highest BCUT2D eigenvalue weighted by Crippen LogP contribution is 2.14. The number of nitrogens with one attached hydrogen (secondary N) is 1. The Bertz CT molecular complexity index is 750. The Morgan fingerprint density at radius 2 is 1.90 bits per heavy atom. The largest absolute Gasteiger partial charge is 0.366 e. The number of amides is 2. The summed E-state index contributed by atoms with van der Waals surface area (Å²) in [6, 6.07) is 9.82. The van der Waals surface area contributed by atoms with Crippen molar-refractivity contribution in [2.75, 3.05) is 5.32 Å². The molecule has 1 aromatic carbocycles. The molecule has 6 nitrogen and oxygen atoms in total. The molecule has 3 N–H and O–H groups in total. The summed E-state index contributed by atoms with van der Waals surface area (Å²) >= 11 is 0. The Morgan fingerprint density at radius 1 is 1.19 bits per heavy atom. The van der Waals surface area contributed by atoms with Gasteiger partial charge in [-0.1, -0.05) is 18.2 Å². The van der Waals surface area contributed by atoms with Crippen LogP contribution in [0.3, 0.4) is 0 Å². The molecule has 2 amide bonds. The maximum atomic E-state index is 12.0. The van der Waals surface area contributed by atoms with E-state index in [1.165, 1.54) is 16.8 Å². The van der Waals surface area contributed by atoms with Crippen LogP contribution < -0.4 is 16.6 Å². The molecule has 0 saturated carbocycles. The fraction of sp³-hybridized carbons (Fsp3) is 0.133. The van der Waals surface area contributed by atoms with Crippen LogP contribution in [0.4, 0.5) is 5.69 Å². The van der Waals surface area contributed by atoms with E-state index in [0.29, 0.717) is 11.3 Å². The average Bonchev–Trinajstić information content (AvgIpc) is 2.44. The minimum Gasteiger partial charge on any atom is -0.366 e. The van der Waals surface area contributed by atoms with Crippen LogP contribution in [-0.4, -0.2) is 16.4 Å². The van der Waals surface area contributed by atoms with Crippen molar-refractivity contribution in [3.63, 3.8) is 0 Å². The summed E-state index contributed by atoms with van der Waals surface area (Å²) in [5, 5.41) is 2.59. The fourth-order valence-corrected chi connectivity index (χ4v) is 1.93. The molecule has 21 heavy (non-hydrogen) atoms. The van der Waals surface area contributed by atoms with E-state index >= 15 is 0 Å². The third-order valence-electron chi connectivity index (χ3n) is 2.99. The van der Waals surface area contributed by atoms with Crippen molar-refractivity contribution in [1.82, 2.24) is 4.57 Å². The first kappa shape index (κ1) is 14.5. The quantitative estimate of drug-likeness (QED) is 0.873. The highest BCUT2D eigenvalue weighted by molar-refractivity contribution is 6.02. The number of carbonyl (C=O) groups excluding carboxylic acids is 2. The molecule has 1 aromatic heterocycles. The molecule has 108 valence electrons. The van der Waals surface area contributed by atoms with Gasteiger partial charge in [-0.25, -0.2) is 0 Å². The predicted octanol–water partition coefficient (Wildman–Crippen LogP) is 0.894. The molecule has 2 rings (SSSR count). The van der Waals surface area contributed by atoms with Crippen LogP contribution in [0.15, 0.2) is 47.4 Å². The number of primary amides is 1. The fourth-order valence-electron chi connectivity index (χ4n) is 1.93. The predicted molar refractivity (Wildman–Crippen MR) is 79.0 cm³/mol. The normalized spacial score (nSPS) is 10.1. The highest BCUT2D eigenvalue weighted by Gasteiger charge is 2.11. The van der Waals surface area contributed by atoms with Gasteiger partial charge in [-0.3, -0.25) is 14.4 Å². The molecule has 0 aliphatic rings. The zero-order valence-corrected chi connectivity index (χ0v) is 11.5. The first-order valence-corrected chi connectivity index (χ1v) is 6.34. The summed E-state index contributed by atoms with van der Waals surface area (Å²) in [6.45, 7) is 1.55. The molecule has 1 heterocycles. The zero-order valence-electron chi connectivity index (χ0n) is 11.5. The van der Waals surface area contributed by atoms with Crippen molar-refractivity contribution >= 4 is 17.5 Å². The second-order valence-corrected chi connectivity index (χ2v) is 4.58. The average molecular weight is 285 g/mol. The molecule has 0 fully saturated rings. The summed E-state index contributed by atoms with van der Waals surface area (Å²) in [6.07, 6.45) is 1.54. The van der Waals surface area contributed by atoms with E-state index in [0.717, 1.165) is 0 Å². The molecule has 0 spiro atoms. The van der Waals surface area contributed by atoms with Gasteiger partial charge >= 0.3 is 0 Å². The Labute approximate surface area is 121 Å². The van der Waals surface area contributed by atoms with E-state index < -0.39 is 11.8 Å². The Hall–Kier alpha value is -2.89. The van der Waals surface area contributed by atoms with Crippen LogP contribution in [0.1, 0.15) is 15.9 Å². The number of hydrogen-bond acceptors (Lipinski definition) is 3. The molecule has 0 bridgehead atoms. The first-order chi connectivity index (χ1) is 9.99. The van der Waals surface area contributed by atoms with Gasteiger partial charge in [-0.05, 0) is 25.1 Å². The van der Waals surface area contributed by atoms with Gasteiger partial charge in [0.05, 0.1) is 11.3 Å². The molecular formula is C15H15N3O3. The molecule has 0 unspecified atom stereocenters. The Kier molecular flexibility index (Phi) is 4.18. The van der Waals surface area contributed by atoms with Crippen molar-refractivity contribution in [3.05, 3.63) is 64.1 Å². The number of hydrogen-bond donors (Lipinski definition) is 2. The number of benzene rings is 1. The van der Waals surface area contributed by atoms with Gasteiger partial charge in [0.1, 0.15) is 6.54 Å². The van der Waals surface area contributed by atoms with E-state index in [1.807, 2.05) is 0 Å². The van der Waals surface area contributed by atoms with Gasteiger partial charge in [0.2, 0.25) is 5.91 Å². The summed E-state index contributed by atoms with van der Waals surface area (Å²) in [5.74, 6) is -1.03. The maximum absolute atomic E-state index is 12.0. The minimum atomic E-state index is -0.626. The van der Waals surface area contributed by atoms with Gasteiger partial charge in [0.15, 0.2) is 0 Å². The van der Waals surface area contributed by atoms with E-state index in [4.69, 9.17) is 5.73 Å². The van der Waals surface area contributed by atoms with E-state index in [1.54, 1.807) is 37.3 Å². The van der Waals surface area contributed by atoms with Crippen LogP contribution >= 0.6 is 0 Å². The van der Waals surface area contributed by atoms with Crippen molar-refractivity contribution < 1.29 is 9.59 Å².